The molecule has 3 rings (SSSR count). The molecule has 1 aromatic heterocycles. The van der Waals surface area contributed by atoms with Crippen molar-refractivity contribution in [2.24, 2.45) is 5.10 Å². The quantitative estimate of drug-likeness (QED) is 0.866. The molecule has 0 atom stereocenters. The molecule has 0 saturated heterocycles. The van der Waals surface area contributed by atoms with Gasteiger partial charge in [-0.05, 0) is 45.0 Å². The van der Waals surface area contributed by atoms with Gasteiger partial charge in [-0.3, -0.25) is 9.80 Å². The van der Waals surface area contributed by atoms with Crippen LogP contribution in [0.25, 0.3) is 0 Å². The van der Waals surface area contributed by atoms with Gasteiger partial charge in [0, 0.05) is 36.9 Å². The number of aromatic nitrogens is 1. The zero-order chi connectivity index (χ0) is 17.3. The number of benzene rings is 1. The molecule has 0 saturated carbocycles. The Morgan fingerprint density at radius 3 is 2.50 bits per heavy atom. The predicted octanol–water partition coefficient (Wildman–Crippen LogP) is 3.15. The minimum Gasteiger partial charge on any atom is -0.361 e. The Morgan fingerprint density at radius 1 is 1.25 bits per heavy atom. The van der Waals surface area contributed by atoms with Crippen LogP contribution < -0.4 is 5.01 Å². The van der Waals surface area contributed by atoms with Crippen molar-refractivity contribution < 1.29 is 9.32 Å². The van der Waals surface area contributed by atoms with Crippen molar-refractivity contribution in [1.29, 1.82) is 0 Å². The highest BCUT2D eigenvalue weighted by molar-refractivity contribution is 5.94. The maximum atomic E-state index is 12.6. The number of hydrogen-bond donors (Lipinski definition) is 0. The highest BCUT2D eigenvalue weighted by Crippen LogP contribution is 2.21. The average molecular weight is 326 g/mol. The van der Waals surface area contributed by atoms with E-state index in [1.165, 1.54) is 0 Å². The number of rotatable bonds is 4. The summed E-state index contributed by atoms with van der Waals surface area (Å²) in [5.41, 5.74) is 4.59. The molecular formula is C18H22N4O2. The zero-order valence-corrected chi connectivity index (χ0v) is 14.5. The number of nitrogens with zero attached hydrogens (tertiary/aromatic N) is 4. The third kappa shape index (κ3) is 3.18. The molecule has 0 unspecified atom stereocenters. The molecule has 1 aromatic carbocycles. The molecule has 0 radical (unpaired) electrons. The van der Waals surface area contributed by atoms with E-state index < -0.39 is 0 Å². The fourth-order valence-corrected chi connectivity index (χ4v) is 2.79. The second kappa shape index (κ2) is 6.47. The van der Waals surface area contributed by atoms with Crippen molar-refractivity contribution in [3.63, 3.8) is 0 Å². The van der Waals surface area contributed by atoms with Crippen molar-refractivity contribution in [2.75, 3.05) is 18.6 Å². The van der Waals surface area contributed by atoms with Crippen molar-refractivity contribution in [1.82, 2.24) is 10.1 Å². The number of hydrogen-bond acceptors (Lipinski definition) is 5. The third-order valence-corrected chi connectivity index (χ3v) is 4.31. The standard InChI is InChI=1S/C18H22N4O2/c1-12-9-10-22(19-12)16-7-5-15(6-8-16)18(23)21(4)11-17-13(2)20-24-14(17)3/h5-8H,9-11H2,1-4H3. The van der Waals surface area contributed by atoms with Crippen LogP contribution in [-0.2, 0) is 6.54 Å². The van der Waals surface area contributed by atoms with E-state index in [1.54, 1.807) is 11.9 Å². The van der Waals surface area contributed by atoms with Crippen molar-refractivity contribution >= 4 is 17.3 Å². The van der Waals surface area contributed by atoms with Crippen LogP contribution in [0.4, 0.5) is 5.69 Å². The van der Waals surface area contributed by atoms with Crippen molar-refractivity contribution in [3.8, 4) is 0 Å². The third-order valence-electron chi connectivity index (χ3n) is 4.31. The summed E-state index contributed by atoms with van der Waals surface area (Å²) >= 11 is 0. The molecule has 1 amide bonds. The summed E-state index contributed by atoms with van der Waals surface area (Å²) in [6.45, 7) is 7.16. The van der Waals surface area contributed by atoms with E-state index in [1.807, 2.05) is 50.0 Å². The van der Waals surface area contributed by atoms with Crippen LogP contribution in [0.1, 0.15) is 40.7 Å². The summed E-state index contributed by atoms with van der Waals surface area (Å²) in [5.74, 6) is 0.729. The first-order valence-electron chi connectivity index (χ1n) is 8.04. The zero-order valence-electron chi connectivity index (χ0n) is 14.5. The van der Waals surface area contributed by atoms with E-state index in [2.05, 4.69) is 10.3 Å². The molecule has 6 heteroatoms. The fourth-order valence-electron chi connectivity index (χ4n) is 2.79. The molecule has 1 aliphatic rings. The van der Waals surface area contributed by atoms with Gasteiger partial charge in [-0.2, -0.15) is 5.10 Å². The number of carbonyl (C=O) groups is 1. The number of aryl methyl sites for hydroxylation is 2. The Hall–Kier alpha value is -2.63. The molecule has 0 N–H and O–H groups in total. The molecule has 0 fully saturated rings. The lowest BCUT2D eigenvalue weighted by Gasteiger charge is -2.18. The largest absolute Gasteiger partial charge is 0.361 e. The number of anilines is 1. The van der Waals surface area contributed by atoms with Gasteiger partial charge >= 0.3 is 0 Å². The van der Waals surface area contributed by atoms with Crippen LogP contribution in [0.5, 0.6) is 0 Å². The van der Waals surface area contributed by atoms with Gasteiger partial charge in [-0.1, -0.05) is 5.16 Å². The molecule has 0 spiro atoms. The predicted molar refractivity (Wildman–Crippen MR) is 93.3 cm³/mol. The van der Waals surface area contributed by atoms with Crippen LogP contribution >= 0.6 is 0 Å². The molecule has 126 valence electrons. The Balaban J connectivity index is 1.70. The van der Waals surface area contributed by atoms with Crippen LogP contribution in [0.2, 0.25) is 0 Å². The molecular weight excluding hydrogens is 304 g/mol. The summed E-state index contributed by atoms with van der Waals surface area (Å²) in [6.07, 6.45) is 0.987. The van der Waals surface area contributed by atoms with Crippen LogP contribution in [0.15, 0.2) is 33.9 Å². The summed E-state index contributed by atoms with van der Waals surface area (Å²) in [6, 6.07) is 7.59. The topological polar surface area (TPSA) is 61.9 Å². The minimum atomic E-state index is -0.0253. The van der Waals surface area contributed by atoms with Crippen molar-refractivity contribution in [2.45, 2.75) is 33.7 Å². The monoisotopic (exact) mass is 326 g/mol. The summed E-state index contributed by atoms with van der Waals surface area (Å²) in [7, 11) is 1.79. The smallest absolute Gasteiger partial charge is 0.253 e. The second-order valence-electron chi connectivity index (χ2n) is 6.22. The number of carbonyl (C=O) groups excluding carboxylic acids is 1. The SMILES string of the molecule is CC1=NN(c2ccc(C(=O)N(C)Cc3c(C)noc3C)cc2)CC1. The number of amides is 1. The van der Waals surface area contributed by atoms with E-state index in [4.69, 9.17) is 4.52 Å². The van der Waals surface area contributed by atoms with Gasteiger partial charge in [0.15, 0.2) is 0 Å². The van der Waals surface area contributed by atoms with E-state index >= 15 is 0 Å². The van der Waals surface area contributed by atoms with Gasteiger partial charge < -0.3 is 9.42 Å². The van der Waals surface area contributed by atoms with E-state index in [0.717, 1.165) is 41.4 Å². The molecule has 0 aliphatic carbocycles. The Kier molecular flexibility index (Phi) is 4.38. The Bertz CT molecular complexity index is 757. The first kappa shape index (κ1) is 16.2. The lowest BCUT2D eigenvalue weighted by Crippen LogP contribution is -2.26. The maximum absolute atomic E-state index is 12.6. The highest BCUT2D eigenvalue weighted by Gasteiger charge is 2.18. The summed E-state index contributed by atoms with van der Waals surface area (Å²) < 4.78 is 5.16. The molecule has 2 heterocycles. The summed E-state index contributed by atoms with van der Waals surface area (Å²) in [5, 5.41) is 10.4. The minimum absolute atomic E-state index is 0.0253. The molecule has 0 bridgehead atoms. The van der Waals surface area contributed by atoms with Crippen molar-refractivity contribution in [3.05, 3.63) is 46.8 Å². The van der Waals surface area contributed by atoms with Gasteiger partial charge in [0.05, 0.1) is 17.9 Å². The van der Waals surface area contributed by atoms with Crippen LogP contribution in [-0.4, -0.2) is 35.3 Å². The fraction of sp³-hybridized carbons (Fsp3) is 0.389. The van der Waals surface area contributed by atoms with Gasteiger partial charge in [-0.15, -0.1) is 0 Å². The van der Waals surface area contributed by atoms with Crippen LogP contribution in [0.3, 0.4) is 0 Å². The molecule has 6 nitrogen and oxygen atoms in total. The van der Waals surface area contributed by atoms with E-state index in [9.17, 15) is 4.79 Å². The van der Waals surface area contributed by atoms with E-state index in [0.29, 0.717) is 12.1 Å². The lowest BCUT2D eigenvalue weighted by atomic mass is 10.1. The van der Waals surface area contributed by atoms with Gasteiger partial charge in [0.1, 0.15) is 5.76 Å². The Morgan fingerprint density at radius 2 is 1.96 bits per heavy atom. The second-order valence-corrected chi connectivity index (χ2v) is 6.22. The lowest BCUT2D eigenvalue weighted by molar-refractivity contribution is 0.0784. The highest BCUT2D eigenvalue weighted by atomic mass is 16.5. The Labute approximate surface area is 141 Å². The average Bonchev–Trinajstić information content (AvgIpc) is 3.15. The maximum Gasteiger partial charge on any atom is 0.253 e. The summed E-state index contributed by atoms with van der Waals surface area (Å²) in [4.78, 5) is 14.3. The van der Waals surface area contributed by atoms with E-state index in [-0.39, 0.29) is 5.91 Å². The molecule has 1 aliphatic heterocycles. The molecule has 2 aromatic rings. The first-order valence-corrected chi connectivity index (χ1v) is 8.04. The molecule has 24 heavy (non-hydrogen) atoms. The van der Waals surface area contributed by atoms with Crippen LogP contribution in [0, 0.1) is 13.8 Å². The van der Waals surface area contributed by atoms with Gasteiger partial charge in [0.25, 0.3) is 5.91 Å². The number of hydrazone groups is 1. The first-order chi connectivity index (χ1) is 11.5. The van der Waals surface area contributed by atoms with Gasteiger partial charge in [0.2, 0.25) is 0 Å². The normalized spacial score (nSPS) is 14.0. The van der Waals surface area contributed by atoms with Gasteiger partial charge in [-0.25, -0.2) is 0 Å².